The first-order valence-corrected chi connectivity index (χ1v) is 7.71. The number of rotatable bonds is 4. The number of carbonyl (C=O) groups excluding carboxylic acids is 1. The minimum absolute atomic E-state index is 0.00272. The predicted octanol–water partition coefficient (Wildman–Crippen LogP) is 2.39. The average molecular weight is 328 g/mol. The molecule has 1 aromatic heterocycles. The van der Waals surface area contributed by atoms with Crippen LogP contribution in [0.4, 0.5) is 0 Å². The van der Waals surface area contributed by atoms with E-state index >= 15 is 0 Å². The first-order chi connectivity index (χ1) is 9.08. The Kier molecular flexibility index (Phi) is 5.05. The van der Waals surface area contributed by atoms with Crippen molar-refractivity contribution in [3.05, 3.63) is 22.4 Å². The molecule has 0 radical (unpaired) electrons. The van der Waals surface area contributed by atoms with Crippen LogP contribution in [-0.4, -0.2) is 41.1 Å². The van der Waals surface area contributed by atoms with E-state index in [0.29, 0.717) is 18.3 Å². The van der Waals surface area contributed by atoms with Gasteiger partial charge in [0.1, 0.15) is 5.69 Å². The summed E-state index contributed by atoms with van der Waals surface area (Å²) in [5.41, 5.74) is 0.692. The van der Waals surface area contributed by atoms with E-state index in [1.54, 1.807) is 0 Å². The van der Waals surface area contributed by atoms with Gasteiger partial charge in [0.15, 0.2) is 0 Å². The molecule has 1 atom stereocenters. The van der Waals surface area contributed by atoms with Crippen molar-refractivity contribution in [2.24, 2.45) is 7.05 Å². The predicted molar refractivity (Wildman–Crippen MR) is 80.3 cm³/mol. The van der Waals surface area contributed by atoms with E-state index < -0.39 is 0 Å². The molecule has 1 saturated heterocycles. The summed E-state index contributed by atoms with van der Waals surface area (Å²) in [6.45, 7) is 5.22. The number of piperidine rings is 1. The first-order valence-electron chi connectivity index (χ1n) is 6.92. The number of carbonyl (C=O) groups is 1. The summed E-state index contributed by atoms with van der Waals surface area (Å²) in [6.07, 6.45) is 5.79. The van der Waals surface area contributed by atoms with Gasteiger partial charge < -0.3 is 9.88 Å². The Hall–Kier alpha value is -0.810. The SMILES string of the molecule is CC(CNC(=O)c1cc(Br)cn1C)N1CCCCC1. The van der Waals surface area contributed by atoms with Crippen molar-refractivity contribution >= 4 is 21.8 Å². The van der Waals surface area contributed by atoms with Gasteiger partial charge in [-0.15, -0.1) is 0 Å². The van der Waals surface area contributed by atoms with E-state index in [0.717, 1.165) is 17.6 Å². The lowest BCUT2D eigenvalue weighted by atomic mass is 10.1. The molecule has 0 aliphatic carbocycles. The van der Waals surface area contributed by atoms with E-state index in [1.807, 2.05) is 23.9 Å². The van der Waals surface area contributed by atoms with E-state index in [2.05, 4.69) is 33.1 Å². The van der Waals surface area contributed by atoms with E-state index in [1.165, 1.54) is 19.3 Å². The molecule has 1 aliphatic heterocycles. The second kappa shape index (κ2) is 6.57. The van der Waals surface area contributed by atoms with Crippen LogP contribution < -0.4 is 5.32 Å². The Balaban J connectivity index is 1.84. The van der Waals surface area contributed by atoms with Gasteiger partial charge in [0.2, 0.25) is 0 Å². The largest absolute Gasteiger partial charge is 0.349 e. The van der Waals surface area contributed by atoms with Crippen molar-refractivity contribution in [1.82, 2.24) is 14.8 Å². The quantitative estimate of drug-likeness (QED) is 0.921. The maximum absolute atomic E-state index is 12.1. The number of aryl methyl sites for hydroxylation is 1. The summed E-state index contributed by atoms with van der Waals surface area (Å²) in [5, 5.41) is 3.03. The van der Waals surface area contributed by atoms with Gasteiger partial charge in [-0.2, -0.15) is 0 Å². The lowest BCUT2D eigenvalue weighted by molar-refractivity contribution is 0.0922. The van der Waals surface area contributed by atoms with E-state index in [-0.39, 0.29) is 5.91 Å². The van der Waals surface area contributed by atoms with Gasteiger partial charge in [-0.3, -0.25) is 9.69 Å². The lowest BCUT2D eigenvalue weighted by Crippen LogP contribution is -2.44. The fourth-order valence-electron chi connectivity index (χ4n) is 2.57. The van der Waals surface area contributed by atoms with Crippen LogP contribution in [0.15, 0.2) is 16.7 Å². The fourth-order valence-corrected chi connectivity index (χ4v) is 3.09. The van der Waals surface area contributed by atoms with E-state index in [4.69, 9.17) is 0 Å². The highest BCUT2D eigenvalue weighted by Crippen LogP contribution is 2.14. The van der Waals surface area contributed by atoms with Gasteiger partial charge in [0.05, 0.1) is 0 Å². The number of hydrogen-bond acceptors (Lipinski definition) is 2. The number of halogens is 1. The van der Waals surface area contributed by atoms with Crippen LogP contribution in [0.2, 0.25) is 0 Å². The van der Waals surface area contributed by atoms with Crippen molar-refractivity contribution in [3.63, 3.8) is 0 Å². The Bertz CT molecular complexity index is 438. The summed E-state index contributed by atoms with van der Waals surface area (Å²) in [6, 6.07) is 2.26. The molecule has 106 valence electrons. The zero-order valence-electron chi connectivity index (χ0n) is 11.7. The van der Waals surface area contributed by atoms with Crippen LogP contribution in [-0.2, 0) is 7.05 Å². The highest BCUT2D eigenvalue weighted by atomic mass is 79.9. The van der Waals surface area contributed by atoms with Crippen LogP contribution in [0.1, 0.15) is 36.7 Å². The maximum atomic E-state index is 12.1. The first kappa shape index (κ1) is 14.6. The molecule has 4 nitrogen and oxygen atoms in total. The van der Waals surface area contributed by atoms with Gasteiger partial charge in [-0.05, 0) is 54.9 Å². The Labute approximate surface area is 123 Å². The summed E-state index contributed by atoms with van der Waals surface area (Å²) in [4.78, 5) is 14.6. The molecule has 0 spiro atoms. The Morgan fingerprint density at radius 2 is 2.11 bits per heavy atom. The molecule has 0 saturated carbocycles. The van der Waals surface area contributed by atoms with Crippen LogP contribution in [0, 0.1) is 0 Å². The van der Waals surface area contributed by atoms with Crippen LogP contribution in [0.25, 0.3) is 0 Å². The fraction of sp³-hybridized carbons (Fsp3) is 0.643. The van der Waals surface area contributed by atoms with E-state index in [9.17, 15) is 4.79 Å². The van der Waals surface area contributed by atoms with Crippen molar-refractivity contribution in [1.29, 1.82) is 0 Å². The highest BCUT2D eigenvalue weighted by molar-refractivity contribution is 9.10. The van der Waals surface area contributed by atoms with Crippen molar-refractivity contribution < 1.29 is 4.79 Å². The maximum Gasteiger partial charge on any atom is 0.267 e. The molecular formula is C14H22BrN3O. The molecule has 1 amide bonds. The lowest BCUT2D eigenvalue weighted by Gasteiger charge is -2.32. The van der Waals surface area contributed by atoms with Crippen LogP contribution in [0.5, 0.6) is 0 Å². The monoisotopic (exact) mass is 327 g/mol. The standard InChI is InChI=1S/C14H22BrN3O/c1-11(18-6-4-3-5-7-18)9-16-14(19)13-8-12(15)10-17(13)2/h8,10-11H,3-7,9H2,1-2H3,(H,16,19). The van der Waals surface area contributed by atoms with Gasteiger partial charge in [-0.1, -0.05) is 6.42 Å². The highest BCUT2D eigenvalue weighted by Gasteiger charge is 2.18. The van der Waals surface area contributed by atoms with Gasteiger partial charge >= 0.3 is 0 Å². The third-order valence-corrected chi connectivity index (χ3v) is 4.21. The number of nitrogens with one attached hydrogen (secondary N) is 1. The number of aromatic nitrogens is 1. The molecule has 1 unspecified atom stereocenters. The molecule has 1 aromatic rings. The number of likely N-dealkylation sites (tertiary alicyclic amines) is 1. The molecule has 5 heteroatoms. The summed E-state index contributed by atoms with van der Waals surface area (Å²) >= 11 is 3.38. The minimum Gasteiger partial charge on any atom is -0.349 e. The average Bonchev–Trinajstić information content (AvgIpc) is 2.75. The van der Waals surface area contributed by atoms with Crippen molar-refractivity contribution in [2.45, 2.75) is 32.2 Å². The van der Waals surface area contributed by atoms with Crippen molar-refractivity contribution in [3.8, 4) is 0 Å². The normalized spacial score (nSPS) is 18.3. The van der Waals surface area contributed by atoms with Gasteiger partial charge in [-0.25, -0.2) is 0 Å². The molecule has 19 heavy (non-hydrogen) atoms. The van der Waals surface area contributed by atoms with Crippen LogP contribution >= 0.6 is 15.9 Å². The summed E-state index contributed by atoms with van der Waals surface area (Å²) in [7, 11) is 1.88. The molecule has 0 bridgehead atoms. The van der Waals surface area contributed by atoms with Gasteiger partial charge in [0.25, 0.3) is 5.91 Å². The summed E-state index contributed by atoms with van der Waals surface area (Å²) < 4.78 is 2.77. The zero-order valence-corrected chi connectivity index (χ0v) is 13.2. The van der Waals surface area contributed by atoms with Gasteiger partial charge in [0, 0.05) is 30.3 Å². The topological polar surface area (TPSA) is 37.3 Å². The zero-order chi connectivity index (χ0) is 13.8. The number of nitrogens with zero attached hydrogens (tertiary/aromatic N) is 2. The smallest absolute Gasteiger partial charge is 0.267 e. The molecular weight excluding hydrogens is 306 g/mol. The molecule has 1 fully saturated rings. The van der Waals surface area contributed by atoms with Crippen molar-refractivity contribution in [2.75, 3.05) is 19.6 Å². The second-order valence-corrected chi connectivity index (χ2v) is 6.23. The molecule has 0 aromatic carbocycles. The Morgan fingerprint density at radius 1 is 1.42 bits per heavy atom. The molecule has 2 rings (SSSR count). The Morgan fingerprint density at radius 3 is 2.68 bits per heavy atom. The minimum atomic E-state index is -0.00272. The van der Waals surface area contributed by atoms with Crippen LogP contribution in [0.3, 0.4) is 0 Å². The molecule has 2 heterocycles. The third kappa shape index (κ3) is 3.83. The third-order valence-electron chi connectivity index (χ3n) is 3.78. The molecule has 1 aliphatic rings. The number of amides is 1. The molecule has 1 N–H and O–H groups in total. The number of hydrogen-bond donors (Lipinski definition) is 1. The second-order valence-electron chi connectivity index (χ2n) is 5.31. The summed E-state index contributed by atoms with van der Waals surface area (Å²) in [5.74, 6) is -0.00272.